The van der Waals surface area contributed by atoms with Crippen molar-refractivity contribution in [3.05, 3.63) is 24.0 Å². The minimum Gasteiger partial charge on any atom is -0.494 e. The van der Waals surface area contributed by atoms with Crippen molar-refractivity contribution in [2.24, 2.45) is 0 Å². The molecule has 1 unspecified atom stereocenters. The average molecular weight is 333 g/mol. The van der Waals surface area contributed by atoms with Crippen LogP contribution in [0.2, 0.25) is 0 Å². The second-order valence-corrected chi connectivity index (χ2v) is 6.63. The molecule has 22 heavy (non-hydrogen) atoms. The Balaban J connectivity index is 2.28. The molecule has 122 valence electrons. The lowest BCUT2D eigenvalue weighted by Crippen LogP contribution is -2.46. The number of aliphatic carboxylic acids is 1. The number of rotatable bonds is 5. The van der Waals surface area contributed by atoms with E-state index >= 15 is 0 Å². The number of hydrogen-bond donors (Lipinski definition) is 1. The van der Waals surface area contributed by atoms with Crippen LogP contribution in [0.3, 0.4) is 0 Å². The average Bonchev–Trinajstić information content (AvgIpc) is 2.47. The van der Waals surface area contributed by atoms with Gasteiger partial charge in [0.25, 0.3) is 0 Å². The fourth-order valence-electron chi connectivity index (χ4n) is 2.22. The van der Waals surface area contributed by atoms with E-state index in [0.29, 0.717) is 0 Å². The molecule has 1 N–H and O–H groups in total. The molecule has 1 heterocycles. The van der Waals surface area contributed by atoms with Crippen LogP contribution >= 0.6 is 0 Å². The molecule has 1 aliphatic rings. The summed E-state index contributed by atoms with van der Waals surface area (Å²) in [6, 6.07) is 3.85. The summed E-state index contributed by atoms with van der Waals surface area (Å²) in [7, 11) is -2.85. The first kappa shape index (κ1) is 16.7. The number of halogens is 1. The van der Waals surface area contributed by atoms with Crippen molar-refractivity contribution in [1.29, 1.82) is 0 Å². The van der Waals surface area contributed by atoms with E-state index in [-0.39, 0.29) is 31.9 Å². The SMILES string of the molecule is COc1cccc(S(=O)(=O)N2CCOC(CC(=O)O)C2)c1F. The Hall–Kier alpha value is -1.71. The van der Waals surface area contributed by atoms with Crippen molar-refractivity contribution < 1.29 is 32.2 Å². The number of carboxylic acid groups (broad SMARTS) is 1. The number of methoxy groups -OCH3 is 1. The maximum atomic E-state index is 14.2. The molecule has 1 fully saturated rings. The van der Waals surface area contributed by atoms with Crippen molar-refractivity contribution >= 4 is 16.0 Å². The topological polar surface area (TPSA) is 93.1 Å². The van der Waals surface area contributed by atoms with E-state index in [4.69, 9.17) is 14.6 Å². The Labute approximate surface area is 127 Å². The van der Waals surface area contributed by atoms with Crippen molar-refractivity contribution in [1.82, 2.24) is 4.31 Å². The summed E-state index contributed by atoms with van der Waals surface area (Å²) < 4.78 is 50.3. The van der Waals surface area contributed by atoms with Gasteiger partial charge in [0.1, 0.15) is 4.90 Å². The van der Waals surface area contributed by atoms with Gasteiger partial charge in [0.15, 0.2) is 11.6 Å². The zero-order chi connectivity index (χ0) is 16.3. The van der Waals surface area contributed by atoms with Gasteiger partial charge in [-0.2, -0.15) is 4.31 Å². The minimum absolute atomic E-state index is 0.0368. The van der Waals surface area contributed by atoms with Crippen LogP contribution in [0.25, 0.3) is 0 Å². The lowest BCUT2D eigenvalue weighted by molar-refractivity contribution is -0.141. The summed E-state index contributed by atoms with van der Waals surface area (Å²) in [6.45, 7) is -0.0385. The van der Waals surface area contributed by atoms with Crippen LogP contribution < -0.4 is 4.74 Å². The highest BCUT2D eigenvalue weighted by Gasteiger charge is 2.34. The molecule has 1 aromatic rings. The third-order valence-electron chi connectivity index (χ3n) is 3.27. The maximum Gasteiger partial charge on any atom is 0.306 e. The van der Waals surface area contributed by atoms with Gasteiger partial charge in [-0.25, -0.2) is 12.8 Å². The lowest BCUT2D eigenvalue weighted by atomic mass is 10.2. The highest BCUT2D eigenvalue weighted by molar-refractivity contribution is 7.89. The van der Waals surface area contributed by atoms with Crippen LogP contribution in [0.1, 0.15) is 6.42 Å². The quantitative estimate of drug-likeness (QED) is 0.852. The minimum atomic E-state index is -4.09. The Bertz CT molecular complexity index is 662. The van der Waals surface area contributed by atoms with Gasteiger partial charge < -0.3 is 14.6 Å². The first-order valence-electron chi connectivity index (χ1n) is 6.52. The summed E-state index contributed by atoms with van der Waals surface area (Å²) in [5.74, 6) is -2.22. The van der Waals surface area contributed by atoms with Gasteiger partial charge in [-0.1, -0.05) is 6.07 Å². The number of hydrogen-bond acceptors (Lipinski definition) is 5. The Morgan fingerprint density at radius 2 is 2.27 bits per heavy atom. The van der Waals surface area contributed by atoms with E-state index in [1.54, 1.807) is 0 Å². The molecular formula is C13H16FNO6S. The molecule has 1 aromatic carbocycles. The molecule has 0 saturated carbocycles. The second-order valence-electron chi connectivity index (χ2n) is 4.73. The Morgan fingerprint density at radius 3 is 2.91 bits per heavy atom. The molecule has 9 heteroatoms. The number of benzene rings is 1. The third kappa shape index (κ3) is 3.37. The number of carboxylic acids is 1. The second kappa shape index (κ2) is 6.59. The Morgan fingerprint density at radius 1 is 1.55 bits per heavy atom. The molecular weight excluding hydrogens is 317 g/mol. The van der Waals surface area contributed by atoms with Gasteiger partial charge in [-0.15, -0.1) is 0 Å². The van der Waals surface area contributed by atoms with E-state index in [0.717, 1.165) is 10.4 Å². The monoisotopic (exact) mass is 333 g/mol. The third-order valence-corrected chi connectivity index (χ3v) is 5.15. The van der Waals surface area contributed by atoms with Crippen molar-refractivity contribution in [3.63, 3.8) is 0 Å². The standard InChI is InChI=1S/C13H16FNO6S/c1-20-10-3-2-4-11(13(10)14)22(18,19)15-5-6-21-9(8-15)7-12(16)17/h2-4,9H,5-8H2,1H3,(H,16,17). The van der Waals surface area contributed by atoms with E-state index in [1.807, 2.05) is 0 Å². The van der Waals surface area contributed by atoms with Crippen molar-refractivity contribution in [2.45, 2.75) is 17.4 Å². The highest BCUT2D eigenvalue weighted by Crippen LogP contribution is 2.27. The number of carbonyl (C=O) groups is 1. The van der Waals surface area contributed by atoms with Gasteiger partial charge in [0, 0.05) is 13.1 Å². The fourth-order valence-corrected chi connectivity index (χ4v) is 3.75. The van der Waals surface area contributed by atoms with E-state index in [1.165, 1.54) is 19.2 Å². The van der Waals surface area contributed by atoms with Gasteiger partial charge in [-0.3, -0.25) is 4.79 Å². The highest BCUT2D eigenvalue weighted by atomic mass is 32.2. The summed E-state index contributed by atoms with van der Waals surface area (Å²) >= 11 is 0. The zero-order valence-corrected chi connectivity index (χ0v) is 12.7. The zero-order valence-electron chi connectivity index (χ0n) is 11.9. The summed E-state index contributed by atoms with van der Waals surface area (Å²) in [6.07, 6.45) is -1.07. The van der Waals surface area contributed by atoms with Gasteiger partial charge in [0.2, 0.25) is 10.0 Å². The fraction of sp³-hybridized carbons (Fsp3) is 0.462. The number of nitrogens with zero attached hydrogens (tertiary/aromatic N) is 1. The van der Waals surface area contributed by atoms with Crippen LogP contribution in [0.4, 0.5) is 4.39 Å². The Kier molecular flexibility index (Phi) is 4.99. The lowest BCUT2D eigenvalue weighted by Gasteiger charge is -2.31. The molecule has 0 radical (unpaired) electrons. The van der Waals surface area contributed by atoms with Gasteiger partial charge >= 0.3 is 5.97 Å². The first-order chi connectivity index (χ1) is 10.4. The van der Waals surface area contributed by atoms with Gasteiger partial charge in [-0.05, 0) is 12.1 Å². The normalized spacial score (nSPS) is 19.8. The molecule has 0 amide bonds. The molecule has 1 atom stereocenters. The molecule has 0 bridgehead atoms. The number of ether oxygens (including phenoxy) is 2. The van der Waals surface area contributed by atoms with E-state index in [2.05, 4.69) is 0 Å². The van der Waals surface area contributed by atoms with Crippen LogP contribution in [0, 0.1) is 5.82 Å². The number of morpholine rings is 1. The van der Waals surface area contributed by atoms with Crippen LogP contribution in [0.5, 0.6) is 5.75 Å². The van der Waals surface area contributed by atoms with Gasteiger partial charge in [0.05, 0.1) is 26.2 Å². The summed E-state index contributed by atoms with van der Waals surface area (Å²) in [4.78, 5) is 10.2. The molecule has 0 spiro atoms. The number of sulfonamides is 1. The van der Waals surface area contributed by atoms with Crippen molar-refractivity contribution in [2.75, 3.05) is 26.8 Å². The predicted octanol–water partition coefficient (Wildman–Crippen LogP) is 0.698. The van der Waals surface area contributed by atoms with E-state index in [9.17, 15) is 17.6 Å². The van der Waals surface area contributed by atoms with Crippen LogP contribution in [-0.4, -0.2) is 56.7 Å². The molecule has 0 aliphatic carbocycles. The van der Waals surface area contributed by atoms with Crippen LogP contribution in [-0.2, 0) is 19.6 Å². The molecule has 0 aromatic heterocycles. The summed E-state index contributed by atoms with van der Waals surface area (Å²) in [5, 5.41) is 8.76. The van der Waals surface area contributed by atoms with Crippen molar-refractivity contribution in [3.8, 4) is 5.75 Å². The van der Waals surface area contributed by atoms with Crippen LogP contribution in [0.15, 0.2) is 23.1 Å². The smallest absolute Gasteiger partial charge is 0.306 e. The van der Waals surface area contributed by atoms with E-state index < -0.39 is 32.8 Å². The maximum absolute atomic E-state index is 14.2. The first-order valence-corrected chi connectivity index (χ1v) is 7.96. The molecule has 7 nitrogen and oxygen atoms in total. The molecule has 1 aliphatic heterocycles. The largest absolute Gasteiger partial charge is 0.494 e. The predicted molar refractivity (Wildman–Crippen MR) is 73.7 cm³/mol. The summed E-state index contributed by atoms with van der Waals surface area (Å²) in [5.41, 5.74) is 0. The molecule has 1 saturated heterocycles. The molecule has 2 rings (SSSR count).